The number of carbonyl (C=O) groups excluding carboxylic acids is 1. The second-order valence-electron chi connectivity index (χ2n) is 5.24. The van der Waals surface area contributed by atoms with Crippen LogP contribution >= 0.6 is 26.0 Å². The first-order chi connectivity index (χ1) is 8.87. The van der Waals surface area contributed by atoms with Gasteiger partial charge < -0.3 is 10.1 Å². The van der Waals surface area contributed by atoms with Gasteiger partial charge in [-0.15, -0.1) is 0 Å². The van der Waals surface area contributed by atoms with E-state index in [-0.39, 0.29) is 6.09 Å². The molecular formula is C14H22BrNO2S. The van der Waals surface area contributed by atoms with Gasteiger partial charge in [0.1, 0.15) is 6.61 Å². The van der Waals surface area contributed by atoms with Crippen LogP contribution in [0.2, 0.25) is 0 Å². The zero-order valence-corrected chi connectivity index (χ0v) is 14.1. The van der Waals surface area contributed by atoms with E-state index in [4.69, 9.17) is 4.74 Å². The highest BCUT2D eigenvalue weighted by Gasteiger charge is 2.06. The minimum Gasteiger partial charge on any atom is -0.449 e. The van der Waals surface area contributed by atoms with Crippen molar-refractivity contribution in [2.24, 2.45) is 0 Å². The highest BCUT2D eigenvalue weighted by molar-refractivity contribution is 9.10. The predicted molar refractivity (Wildman–Crippen MR) is 87.4 cm³/mol. The molecule has 3 nitrogen and oxygen atoms in total. The number of benzene rings is 1. The molecule has 0 atom stereocenters. The van der Waals surface area contributed by atoms with Crippen molar-refractivity contribution in [1.82, 2.24) is 5.32 Å². The quantitative estimate of drug-likeness (QED) is 0.856. The first kappa shape index (κ1) is 16.4. The molecule has 0 unspecified atom stereocenters. The van der Waals surface area contributed by atoms with Crippen molar-refractivity contribution in [1.29, 1.82) is 0 Å². The number of alkyl carbamates (subject to hydrolysis) is 1. The molecule has 0 fully saturated rings. The zero-order valence-electron chi connectivity index (χ0n) is 11.7. The van der Waals surface area contributed by atoms with Crippen molar-refractivity contribution < 1.29 is 9.53 Å². The molecule has 0 saturated heterocycles. The van der Waals surface area contributed by atoms with E-state index in [2.05, 4.69) is 46.1 Å². The van der Waals surface area contributed by atoms with Crippen LogP contribution in [0.3, 0.4) is 0 Å². The van der Waals surface area contributed by atoms with Crippen LogP contribution in [0.1, 0.15) is 5.56 Å². The lowest BCUT2D eigenvalue weighted by Gasteiger charge is -2.24. The molecule has 0 aliphatic heterocycles. The number of hydrogen-bond donors (Lipinski definition) is 1. The highest BCUT2D eigenvalue weighted by atomic mass is 79.9. The predicted octanol–water partition coefficient (Wildman–Crippen LogP) is 3.41. The first-order valence-corrected chi connectivity index (χ1v) is 10.00. The Bertz CT molecular complexity index is 418. The summed E-state index contributed by atoms with van der Waals surface area (Å²) in [6.45, 7) is 1.10. The van der Waals surface area contributed by atoms with E-state index in [9.17, 15) is 4.79 Å². The molecule has 1 rings (SSSR count). The van der Waals surface area contributed by atoms with Gasteiger partial charge in [-0.3, -0.25) is 0 Å². The van der Waals surface area contributed by atoms with Crippen LogP contribution in [0, 0.1) is 0 Å². The van der Waals surface area contributed by atoms with Gasteiger partial charge in [0.25, 0.3) is 0 Å². The maximum absolute atomic E-state index is 11.5. The van der Waals surface area contributed by atoms with Gasteiger partial charge in [0.2, 0.25) is 0 Å². The van der Waals surface area contributed by atoms with E-state index in [1.165, 1.54) is 5.56 Å². The van der Waals surface area contributed by atoms with Crippen molar-refractivity contribution in [2.75, 3.05) is 37.7 Å². The number of ether oxygens (including phenoxy) is 1. The minimum absolute atomic E-state index is 0.321. The van der Waals surface area contributed by atoms with Gasteiger partial charge in [0.05, 0.1) is 0 Å². The van der Waals surface area contributed by atoms with E-state index < -0.39 is 10.0 Å². The van der Waals surface area contributed by atoms with E-state index >= 15 is 0 Å². The number of amides is 1. The molecule has 1 N–H and O–H groups in total. The lowest BCUT2D eigenvalue weighted by Crippen LogP contribution is -2.27. The monoisotopic (exact) mass is 347 g/mol. The average molecular weight is 348 g/mol. The number of carbonyl (C=O) groups is 1. The van der Waals surface area contributed by atoms with Crippen LogP contribution in [-0.4, -0.2) is 43.8 Å². The van der Waals surface area contributed by atoms with Crippen molar-refractivity contribution in [3.8, 4) is 0 Å². The van der Waals surface area contributed by atoms with Gasteiger partial charge >= 0.3 is 6.09 Å². The van der Waals surface area contributed by atoms with Crippen molar-refractivity contribution >= 4 is 32.1 Å². The highest BCUT2D eigenvalue weighted by Crippen LogP contribution is 2.33. The number of halogens is 1. The summed E-state index contributed by atoms with van der Waals surface area (Å²) >= 11 is 3.43. The first-order valence-electron chi connectivity index (χ1n) is 6.18. The topological polar surface area (TPSA) is 38.3 Å². The largest absolute Gasteiger partial charge is 0.449 e. The summed E-state index contributed by atoms with van der Waals surface area (Å²) in [7, 11) is -0.598. The summed E-state index contributed by atoms with van der Waals surface area (Å²) in [6.07, 6.45) is 7.11. The molecule has 0 aliphatic carbocycles. The molecule has 0 aromatic heterocycles. The van der Waals surface area contributed by atoms with Gasteiger partial charge in [0.15, 0.2) is 0 Å². The van der Waals surface area contributed by atoms with E-state index in [1.54, 1.807) is 0 Å². The fourth-order valence-corrected chi connectivity index (χ4v) is 2.47. The molecule has 5 heteroatoms. The Morgan fingerprint density at radius 2 is 2.11 bits per heavy atom. The van der Waals surface area contributed by atoms with Gasteiger partial charge in [-0.25, -0.2) is 14.8 Å². The summed E-state index contributed by atoms with van der Waals surface area (Å²) in [5, 5.41) is 2.77. The van der Waals surface area contributed by atoms with Gasteiger partial charge in [0, 0.05) is 16.8 Å². The van der Waals surface area contributed by atoms with Crippen LogP contribution in [0.4, 0.5) is 4.79 Å². The number of rotatable bonds is 6. The molecule has 0 heterocycles. The molecule has 0 aliphatic rings. The lowest BCUT2D eigenvalue weighted by molar-refractivity contribution is 0.153. The van der Waals surface area contributed by atoms with Gasteiger partial charge in [-0.1, -0.05) is 28.1 Å². The summed E-state index contributed by atoms with van der Waals surface area (Å²) in [5.41, 5.74) is 1.19. The Balaban J connectivity index is 2.17. The molecule has 0 spiro atoms. The number of nitrogens with one attached hydrogen (secondary N) is 1. The summed E-state index contributed by atoms with van der Waals surface area (Å²) in [4.78, 5) is 11.5. The van der Waals surface area contributed by atoms with E-state index in [0.29, 0.717) is 13.2 Å². The molecule has 1 aromatic carbocycles. The SMILES string of the molecule is CS(C)(C)CCOC(=O)NCCc1cccc(Br)c1. The Hall–Kier alpha value is -0.680. The Kier molecular flexibility index (Phi) is 6.72. The zero-order chi connectivity index (χ0) is 14.3. The smallest absolute Gasteiger partial charge is 0.407 e. The second kappa shape index (κ2) is 7.80. The molecule has 0 saturated carbocycles. The van der Waals surface area contributed by atoms with E-state index in [0.717, 1.165) is 16.6 Å². The molecule has 0 bridgehead atoms. The van der Waals surface area contributed by atoms with Crippen LogP contribution < -0.4 is 5.32 Å². The fraction of sp³-hybridized carbons (Fsp3) is 0.500. The molecule has 1 amide bonds. The van der Waals surface area contributed by atoms with Crippen LogP contribution in [0.15, 0.2) is 28.7 Å². The van der Waals surface area contributed by atoms with E-state index in [1.807, 2.05) is 18.2 Å². The molecule has 19 heavy (non-hydrogen) atoms. The maximum atomic E-state index is 11.5. The third-order valence-corrected chi connectivity index (χ3v) is 4.39. The third kappa shape index (κ3) is 8.16. The van der Waals surface area contributed by atoms with Crippen LogP contribution in [0.25, 0.3) is 0 Å². The molecule has 1 aromatic rings. The average Bonchev–Trinajstić information content (AvgIpc) is 2.27. The van der Waals surface area contributed by atoms with Crippen LogP contribution in [0.5, 0.6) is 0 Å². The minimum atomic E-state index is -0.598. The summed E-state index contributed by atoms with van der Waals surface area (Å²) in [6, 6.07) is 8.07. The van der Waals surface area contributed by atoms with Crippen molar-refractivity contribution in [3.05, 3.63) is 34.3 Å². The molecule has 108 valence electrons. The normalized spacial score (nSPS) is 12.0. The molecular weight excluding hydrogens is 326 g/mol. The van der Waals surface area contributed by atoms with Gasteiger partial charge in [-0.05, 0) is 42.9 Å². The fourth-order valence-electron chi connectivity index (χ4n) is 1.44. The Morgan fingerprint density at radius 1 is 1.37 bits per heavy atom. The summed E-state index contributed by atoms with van der Waals surface area (Å²) < 4.78 is 6.20. The summed E-state index contributed by atoms with van der Waals surface area (Å²) in [5.74, 6) is 0.950. The second-order valence-corrected chi connectivity index (χ2v) is 10.7. The maximum Gasteiger partial charge on any atom is 0.407 e. The Morgan fingerprint density at radius 3 is 2.74 bits per heavy atom. The van der Waals surface area contributed by atoms with Crippen molar-refractivity contribution in [3.63, 3.8) is 0 Å². The van der Waals surface area contributed by atoms with Gasteiger partial charge in [-0.2, -0.15) is 0 Å². The Labute approximate surface area is 125 Å². The van der Waals surface area contributed by atoms with Crippen LogP contribution in [-0.2, 0) is 11.2 Å². The number of hydrogen-bond acceptors (Lipinski definition) is 2. The third-order valence-electron chi connectivity index (χ3n) is 2.50. The molecule has 0 radical (unpaired) electrons. The lowest BCUT2D eigenvalue weighted by atomic mass is 10.1. The standard InChI is InChI=1S/C14H22BrNO2S/c1-19(2,3)10-9-18-14(17)16-8-7-12-5-4-6-13(15)11-12/h4-6,11H,7-10H2,1-3H3,(H,16,17). The van der Waals surface area contributed by atoms with Crippen molar-refractivity contribution in [2.45, 2.75) is 6.42 Å².